The lowest BCUT2D eigenvalue weighted by Gasteiger charge is -2.32. The maximum atomic E-state index is 12.5. The molecule has 13 nitrogen and oxygen atoms in total. The van der Waals surface area contributed by atoms with Crippen molar-refractivity contribution in [3.8, 4) is 0 Å². The molecule has 2 aromatic rings. The molecule has 14 heteroatoms. The van der Waals surface area contributed by atoms with E-state index in [-0.39, 0.29) is 42.8 Å². The van der Waals surface area contributed by atoms with E-state index >= 15 is 0 Å². The van der Waals surface area contributed by atoms with Gasteiger partial charge in [-0.05, 0) is 32.6 Å². The van der Waals surface area contributed by atoms with Crippen molar-refractivity contribution in [2.45, 2.75) is 76.3 Å². The van der Waals surface area contributed by atoms with Crippen LogP contribution in [-0.2, 0) is 20.9 Å². The quantitative estimate of drug-likeness (QED) is 0.259. The third-order valence-corrected chi connectivity index (χ3v) is 8.22. The minimum atomic E-state index is -4.34. The molecule has 0 radical (unpaired) electrons. The maximum absolute atomic E-state index is 12.5. The summed E-state index contributed by atoms with van der Waals surface area (Å²) in [4.78, 5) is 30.7. The van der Waals surface area contributed by atoms with Gasteiger partial charge in [-0.1, -0.05) is 13.8 Å². The van der Waals surface area contributed by atoms with Gasteiger partial charge in [-0.2, -0.15) is 4.98 Å². The van der Waals surface area contributed by atoms with Gasteiger partial charge in [-0.3, -0.25) is 18.5 Å². The van der Waals surface area contributed by atoms with Gasteiger partial charge >= 0.3 is 7.60 Å². The summed E-state index contributed by atoms with van der Waals surface area (Å²) in [6.45, 7) is 4.71. The van der Waals surface area contributed by atoms with E-state index < -0.39 is 43.0 Å². The van der Waals surface area contributed by atoms with Crippen LogP contribution in [-0.4, -0.2) is 70.1 Å². The van der Waals surface area contributed by atoms with Crippen molar-refractivity contribution in [3.63, 3.8) is 0 Å². The van der Waals surface area contributed by atoms with E-state index in [9.17, 15) is 29.6 Å². The van der Waals surface area contributed by atoms with Gasteiger partial charge in [-0.25, -0.2) is 4.98 Å². The van der Waals surface area contributed by atoms with Crippen LogP contribution in [0.15, 0.2) is 11.1 Å². The minimum Gasteiger partial charge on any atom is -0.390 e. The first-order valence-electron chi connectivity index (χ1n) is 10.6. The van der Waals surface area contributed by atoms with Crippen molar-refractivity contribution >= 4 is 24.7 Å². The van der Waals surface area contributed by atoms with E-state index in [1.807, 2.05) is 0 Å². The first-order valence-corrected chi connectivity index (χ1v) is 12.2. The topological polar surface area (TPSA) is 195 Å². The van der Waals surface area contributed by atoms with E-state index in [4.69, 9.17) is 15.0 Å². The molecule has 33 heavy (non-hydrogen) atoms. The van der Waals surface area contributed by atoms with E-state index in [1.165, 1.54) is 32.0 Å². The fourth-order valence-electron chi connectivity index (χ4n) is 3.48. The molecule has 5 atom stereocenters. The number of aliphatic hydroxyl groups is 3. The number of fused-ring (bicyclic) bond motifs is 1. The van der Waals surface area contributed by atoms with Gasteiger partial charge in [-0.15, -0.1) is 0 Å². The number of rotatable bonds is 12. The Morgan fingerprint density at radius 3 is 2.42 bits per heavy atom. The van der Waals surface area contributed by atoms with Crippen LogP contribution in [0.1, 0.15) is 52.7 Å². The molecule has 2 rings (SSSR count). The van der Waals surface area contributed by atoms with Crippen LogP contribution in [0.3, 0.4) is 0 Å². The molecule has 2 heterocycles. The summed E-state index contributed by atoms with van der Waals surface area (Å²) in [6, 6.07) is 0. The number of nitrogens with zero attached hydrogens (tertiary/aromatic N) is 4. The molecule has 0 aliphatic rings. The first kappa shape index (κ1) is 27.4. The number of anilines is 1. The Labute approximate surface area is 191 Å². The highest BCUT2D eigenvalue weighted by Crippen LogP contribution is 2.58. The van der Waals surface area contributed by atoms with Crippen molar-refractivity contribution in [1.29, 1.82) is 0 Å². The molecular weight excluding hydrogens is 457 g/mol. The Balaban J connectivity index is 2.12. The Morgan fingerprint density at radius 2 is 1.88 bits per heavy atom. The summed E-state index contributed by atoms with van der Waals surface area (Å²) >= 11 is 0. The average molecular weight is 491 g/mol. The second kappa shape index (κ2) is 10.6. The summed E-state index contributed by atoms with van der Waals surface area (Å²) in [6.07, 6.45) is -3.27. The number of hydrogen-bond donors (Lipinski definition) is 5. The van der Waals surface area contributed by atoms with E-state index in [0.29, 0.717) is 0 Å². The second-order valence-corrected chi connectivity index (χ2v) is 10.1. The first-order chi connectivity index (χ1) is 15.3. The van der Waals surface area contributed by atoms with Crippen LogP contribution >= 0.6 is 7.60 Å². The lowest BCUT2D eigenvalue weighted by Crippen LogP contribution is -2.37. The molecular formula is C19H34N5O8P. The highest BCUT2D eigenvalue weighted by Gasteiger charge is 2.45. The standard InChI is InChI=1S/C19H34N5O8P/c1-6-19(28,7-2)33(29,30)32-11(3)8-9-12(25)14(26)17(31-5)24-10-21-13-15(24)22-18(20)23(4)16(13)27/h10-12,14,17,25-26,28H,6-9H2,1-5H3,(H2,20,22)(H,29,30)/t11?,12-,14-,17-/m1/s1. The molecule has 6 N–H and O–H groups in total. The van der Waals surface area contributed by atoms with Crippen LogP contribution in [0, 0.1) is 0 Å². The number of ether oxygens (including phenoxy) is 1. The molecule has 2 unspecified atom stereocenters. The Kier molecular flexibility index (Phi) is 8.80. The molecule has 0 saturated heterocycles. The number of imidazole rings is 1. The highest BCUT2D eigenvalue weighted by molar-refractivity contribution is 7.54. The lowest BCUT2D eigenvalue weighted by atomic mass is 10.0. The normalized spacial score (nSPS) is 18.1. The molecule has 188 valence electrons. The summed E-state index contributed by atoms with van der Waals surface area (Å²) in [5.41, 5.74) is 5.40. The zero-order chi connectivity index (χ0) is 25.1. The highest BCUT2D eigenvalue weighted by atomic mass is 31.2. The summed E-state index contributed by atoms with van der Waals surface area (Å²) in [5, 5.41) is 29.7. The fraction of sp³-hybridized carbons (Fsp3) is 0.737. The molecule has 0 fully saturated rings. The molecule has 0 aliphatic carbocycles. The van der Waals surface area contributed by atoms with Gasteiger partial charge in [0, 0.05) is 14.2 Å². The maximum Gasteiger partial charge on any atom is 0.359 e. The number of nitrogen functional groups attached to an aromatic ring is 1. The van der Waals surface area contributed by atoms with Gasteiger partial charge in [0.15, 0.2) is 22.7 Å². The zero-order valence-electron chi connectivity index (χ0n) is 19.5. The molecule has 0 amide bonds. The second-order valence-electron chi connectivity index (χ2n) is 8.05. The lowest BCUT2D eigenvalue weighted by molar-refractivity contribution is -0.111. The summed E-state index contributed by atoms with van der Waals surface area (Å²) < 4.78 is 25.5. The van der Waals surface area contributed by atoms with Crippen LogP contribution in [0.25, 0.3) is 11.2 Å². The van der Waals surface area contributed by atoms with Crippen molar-refractivity contribution in [2.75, 3.05) is 12.8 Å². The Hall–Kier alpha value is -1.86. The molecule has 0 saturated carbocycles. The third kappa shape index (κ3) is 5.46. The smallest absolute Gasteiger partial charge is 0.359 e. The minimum absolute atomic E-state index is 0.0111. The largest absolute Gasteiger partial charge is 0.390 e. The van der Waals surface area contributed by atoms with Crippen LogP contribution < -0.4 is 11.3 Å². The predicted molar refractivity (Wildman–Crippen MR) is 120 cm³/mol. The van der Waals surface area contributed by atoms with Crippen LogP contribution in [0.5, 0.6) is 0 Å². The monoisotopic (exact) mass is 491 g/mol. The van der Waals surface area contributed by atoms with Crippen molar-refractivity contribution in [2.24, 2.45) is 7.05 Å². The summed E-state index contributed by atoms with van der Waals surface area (Å²) in [5.74, 6) is -0.0577. The third-order valence-electron chi connectivity index (χ3n) is 5.89. The van der Waals surface area contributed by atoms with Crippen LogP contribution in [0.4, 0.5) is 5.95 Å². The van der Waals surface area contributed by atoms with Gasteiger partial charge in [0.25, 0.3) is 5.56 Å². The number of aromatic nitrogens is 4. The molecule has 2 aromatic heterocycles. The molecule has 0 aliphatic heterocycles. The van der Waals surface area contributed by atoms with E-state index in [2.05, 4.69) is 9.97 Å². The van der Waals surface area contributed by atoms with Gasteiger partial charge in [0.1, 0.15) is 6.10 Å². The molecule has 0 aromatic carbocycles. The van der Waals surface area contributed by atoms with Gasteiger partial charge < -0.3 is 35.2 Å². The summed E-state index contributed by atoms with van der Waals surface area (Å²) in [7, 11) is -1.58. The number of hydrogen-bond acceptors (Lipinski definition) is 10. The zero-order valence-corrected chi connectivity index (χ0v) is 20.3. The predicted octanol–water partition coefficient (Wildman–Crippen LogP) is 0.458. The van der Waals surface area contributed by atoms with Gasteiger partial charge in [0.2, 0.25) is 5.95 Å². The van der Waals surface area contributed by atoms with Crippen molar-refractivity contribution < 1.29 is 34.0 Å². The number of methoxy groups -OCH3 is 1. The Morgan fingerprint density at radius 1 is 1.27 bits per heavy atom. The molecule has 0 spiro atoms. The number of aliphatic hydroxyl groups excluding tert-OH is 2. The van der Waals surface area contributed by atoms with E-state index in [1.54, 1.807) is 13.8 Å². The van der Waals surface area contributed by atoms with E-state index in [0.717, 1.165) is 4.57 Å². The SMILES string of the molecule is CCC(O)(CC)P(=O)(O)OC(C)CC[C@@H](O)[C@@H](O)[C@@H](OC)n1cnc2c(=O)n(C)c(N)nc21. The fourth-order valence-corrected chi connectivity index (χ4v) is 5.07. The number of nitrogens with two attached hydrogens (primary N) is 1. The average Bonchev–Trinajstić information content (AvgIpc) is 3.18. The van der Waals surface area contributed by atoms with Crippen molar-refractivity contribution in [3.05, 3.63) is 16.7 Å². The van der Waals surface area contributed by atoms with Crippen LogP contribution in [0.2, 0.25) is 0 Å². The Bertz CT molecular complexity index is 1050. The van der Waals surface area contributed by atoms with Gasteiger partial charge in [0.05, 0.1) is 18.5 Å². The van der Waals surface area contributed by atoms with Crippen molar-refractivity contribution in [1.82, 2.24) is 19.1 Å². The molecule has 0 bridgehead atoms.